The van der Waals surface area contributed by atoms with Gasteiger partial charge in [0.15, 0.2) is 0 Å². The van der Waals surface area contributed by atoms with Crippen LogP contribution in [-0.2, 0) is 14.3 Å². The molecule has 0 saturated carbocycles. The number of non-ortho nitro benzene ring substituents is 1. The summed E-state index contributed by atoms with van der Waals surface area (Å²) >= 11 is 0. The molecular weight excluding hydrogens is 496 g/mol. The molecule has 8 nitrogen and oxygen atoms in total. The summed E-state index contributed by atoms with van der Waals surface area (Å²) in [7, 11) is 0. The molecule has 0 bridgehead atoms. The normalized spacial score (nSPS) is 24.8. The molecule has 8 heteroatoms. The van der Waals surface area contributed by atoms with Crippen LogP contribution >= 0.6 is 0 Å². The fourth-order valence-electron chi connectivity index (χ4n) is 6.57. The van der Waals surface area contributed by atoms with Crippen molar-refractivity contribution in [2.45, 2.75) is 58.5 Å². The van der Waals surface area contributed by atoms with E-state index in [4.69, 9.17) is 4.74 Å². The molecule has 2 heterocycles. The number of carbonyl (C=O) groups excluding carboxylic acids is 2. The third-order valence-electron chi connectivity index (χ3n) is 8.27. The third kappa shape index (κ3) is 5.13. The summed E-state index contributed by atoms with van der Waals surface area (Å²) in [5, 5.41) is 21.1. The molecule has 2 amide bonds. The molecular formula is C31H34N2O6. The second-order valence-electron chi connectivity index (χ2n) is 10.7. The number of carbonyl (C=O) groups is 2. The smallest absolute Gasteiger partial charge is 0.271 e. The third-order valence-corrected chi connectivity index (χ3v) is 8.27. The van der Waals surface area contributed by atoms with Crippen molar-refractivity contribution in [1.29, 1.82) is 0 Å². The summed E-state index contributed by atoms with van der Waals surface area (Å²) in [4.78, 5) is 39.1. The standard InChI is InChI=1S/C31H34N2O6/c1-3-7-19(14-20-8-5-11-24(34)15-20)12-13-27-28-21(4-2)16-25-29(26(28)18-39-27)31(36)32(30(25)35)22-9-6-10-23(17-22)33(37)38/h5-6,8-11,14-15,17,25-27,29,34H,3-4,7,12-13,16,18H2,1-2H3/b19-14+/t25-,26+,27-,29-/m1/s1. The summed E-state index contributed by atoms with van der Waals surface area (Å²) in [6.45, 7) is 4.62. The van der Waals surface area contributed by atoms with E-state index in [1.54, 1.807) is 18.2 Å². The van der Waals surface area contributed by atoms with E-state index in [2.05, 4.69) is 19.9 Å². The molecule has 1 aliphatic carbocycles. The van der Waals surface area contributed by atoms with Gasteiger partial charge in [0.2, 0.25) is 11.8 Å². The van der Waals surface area contributed by atoms with Gasteiger partial charge in [-0.3, -0.25) is 19.7 Å². The van der Waals surface area contributed by atoms with Crippen molar-refractivity contribution >= 4 is 29.3 Å². The minimum atomic E-state index is -0.520. The first-order chi connectivity index (χ1) is 18.8. The Morgan fingerprint density at radius 1 is 1.10 bits per heavy atom. The van der Waals surface area contributed by atoms with Crippen LogP contribution in [0.4, 0.5) is 11.4 Å². The average molecular weight is 531 g/mol. The van der Waals surface area contributed by atoms with Gasteiger partial charge in [0, 0.05) is 18.1 Å². The van der Waals surface area contributed by atoms with Gasteiger partial charge in [0.1, 0.15) is 5.75 Å². The van der Waals surface area contributed by atoms with Gasteiger partial charge in [-0.05, 0) is 61.4 Å². The van der Waals surface area contributed by atoms with Gasteiger partial charge in [0.05, 0.1) is 35.2 Å². The topological polar surface area (TPSA) is 110 Å². The largest absolute Gasteiger partial charge is 0.508 e. The molecule has 5 rings (SSSR count). The number of aromatic hydroxyl groups is 1. The second kappa shape index (κ2) is 11.1. The zero-order chi connectivity index (χ0) is 27.7. The van der Waals surface area contributed by atoms with Gasteiger partial charge in [-0.2, -0.15) is 0 Å². The van der Waals surface area contributed by atoms with Crippen molar-refractivity contribution in [2.24, 2.45) is 17.8 Å². The molecule has 204 valence electrons. The highest BCUT2D eigenvalue weighted by atomic mass is 16.6. The molecule has 2 aromatic carbocycles. The quantitative estimate of drug-likeness (QED) is 0.179. The van der Waals surface area contributed by atoms with E-state index in [0.717, 1.165) is 42.6 Å². The predicted molar refractivity (Wildman–Crippen MR) is 148 cm³/mol. The second-order valence-corrected chi connectivity index (χ2v) is 10.7. The maximum atomic E-state index is 13.7. The number of benzene rings is 2. The molecule has 2 aromatic rings. The lowest BCUT2D eigenvalue weighted by Crippen LogP contribution is -2.34. The first-order valence-corrected chi connectivity index (χ1v) is 13.8. The number of nitro benzene ring substituents is 1. The van der Waals surface area contributed by atoms with Crippen LogP contribution in [0.2, 0.25) is 0 Å². The lowest BCUT2D eigenvalue weighted by atomic mass is 9.69. The minimum absolute atomic E-state index is 0.106. The highest BCUT2D eigenvalue weighted by Crippen LogP contribution is 2.51. The Hall–Kier alpha value is -3.78. The molecule has 3 aliphatic rings. The molecule has 1 N–H and O–H groups in total. The minimum Gasteiger partial charge on any atom is -0.508 e. The van der Waals surface area contributed by atoms with Gasteiger partial charge in [-0.1, -0.05) is 55.7 Å². The monoisotopic (exact) mass is 530 g/mol. The van der Waals surface area contributed by atoms with Crippen LogP contribution in [0.3, 0.4) is 0 Å². The van der Waals surface area contributed by atoms with Crippen LogP contribution in [-0.4, -0.2) is 34.6 Å². The number of rotatable bonds is 9. The highest BCUT2D eigenvalue weighted by Gasteiger charge is 2.57. The number of phenols is 1. The Balaban J connectivity index is 1.37. The summed E-state index contributed by atoms with van der Waals surface area (Å²) in [6.07, 6.45) is 6.91. The van der Waals surface area contributed by atoms with Gasteiger partial charge >= 0.3 is 0 Å². The molecule has 0 radical (unpaired) electrons. The first kappa shape index (κ1) is 26.8. The number of phenolic OH excluding ortho intramolecular Hbond substituents is 1. The fourth-order valence-corrected chi connectivity index (χ4v) is 6.57. The molecule has 2 fully saturated rings. The molecule has 4 atom stereocenters. The van der Waals surface area contributed by atoms with Gasteiger partial charge in [0.25, 0.3) is 5.69 Å². The van der Waals surface area contributed by atoms with E-state index in [1.165, 1.54) is 34.9 Å². The Morgan fingerprint density at radius 2 is 1.90 bits per heavy atom. The fraction of sp³-hybridized carbons (Fsp3) is 0.419. The maximum absolute atomic E-state index is 13.7. The van der Waals surface area contributed by atoms with Gasteiger partial charge in [-0.15, -0.1) is 0 Å². The highest BCUT2D eigenvalue weighted by molar-refractivity contribution is 6.22. The average Bonchev–Trinajstić information content (AvgIpc) is 3.45. The van der Waals surface area contributed by atoms with Crippen molar-refractivity contribution in [2.75, 3.05) is 11.5 Å². The van der Waals surface area contributed by atoms with Crippen LogP contribution < -0.4 is 4.90 Å². The predicted octanol–water partition coefficient (Wildman–Crippen LogP) is 6.20. The number of ether oxygens (including phenoxy) is 1. The molecule has 0 spiro atoms. The van der Waals surface area contributed by atoms with Crippen LogP contribution in [0.1, 0.15) is 57.9 Å². The zero-order valence-corrected chi connectivity index (χ0v) is 22.3. The number of imide groups is 1. The summed E-state index contributed by atoms with van der Waals surface area (Å²) in [5.74, 6) is -1.46. The number of amides is 2. The van der Waals surface area contributed by atoms with Crippen LogP contribution in [0.5, 0.6) is 5.75 Å². The lowest BCUT2D eigenvalue weighted by molar-refractivity contribution is -0.384. The number of nitro groups is 1. The van der Waals surface area contributed by atoms with Crippen molar-refractivity contribution in [3.8, 4) is 5.75 Å². The van der Waals surface area contributed by atoms with Crippen LogP contribution in [0.25, 0.3) is 6.08 Å². The van der Waals surface area contributed by atoms with Crippen molar-refractivity contribution in [1.82, 2.24) is 0 Å². The van der Waals surface area contributed by atoms with E-state index < -0.39 is 16.8 Å². The zero-order valence-electron chi connectivity index (χ0n) is 22.3. The van der Waals surface area contributed by atoms with E-state index >= 15 is 0 Å². The number of allylic oxidation sites excluding steroid dienone is 2. The number of nitrogens with zero attached hydrogens (tertiary/aromatic N) is 2. The Labute approximate surface area is 228 Å². The van der Waals surface area contributed by atoms with E-state index in [9.17, 15) is 24.8 Å². The first-order valence-electron chi connectivity index (χ1n) is 13.8. The van der Waals surface area contributed by atoms with E-state index in [0.29, 0.717) is 13.0 Å². The molecule has 39 heavy (non-hydrogen) atoms. The van der Waals surface area contributed by atoms with Crippen molar-refractivity contribution < 1.29 is 24.4 Å². The van der Waals surface area contributed by atoms with Gasteiger partial charge < -0.3 is 9.84 Å². The number of hydrogen-bond acceptors (Lipinski definition) is 6. The number of anilines is 1. The van der Waals surface area contributed by atoms with E-state index in [-0.39, 0.29) is 41.0 Å². The number of hydrogen-bond donors (Lipinski definition) is 1. The molecule has 0 aromatic heterocycles. The van der Waals surface area contributed by atoms with E-state index in [1.807, 2.05) is 12.1 Å². The molecule has 2 aliphatic heterocycles. The van der Waals surface area contributed by atoms with Crippen molar-refractivity contribution in [3.05, 3.63) is 80.9 Å². The van der Waals surface area contributed by atoms with Crippen molar-refractivity contribution in [3.63, 3.8) is 0 Å². The summed E-state index contributed by atoms with van der Waals surface area (Å²) < 4.78 is 6.32. The SMILES string of the molecule is CCC/C(=C\c1cccc(O)c1)CC[C@H]1OC[C@H]2C1=C(CC)C[C@H]1C(=O)N(c3cccc([N+](=O)[O-])c3)C(=O)[C@H]12. The maximum Gasteiger partial charge on any atom is 0.271 e. The van der Waals surface area contributed by atoms with Gasteiger partial charge in [-0.25, -0.2) is 4.90 Å². The number of fused-ring (bicyclic) bond motifs is 3. The van der Waals surface area contributed by atoms with Crippen LogP contribution in [0, 0.1) is 27.9 Å². The molecule has 0 unspecified atom stereocenters. The Morgan fingerprint density at radius 3 is 2.62 bits per heavy atom. The van der Waals surface area contributed by atoms with Crippen LogP contribution in [0.15, 0.2) is 65.3 Å². The lowest BCUT2D eigenvalue weighted by Gasteiger charge is -2.31. The Bertz CT molecular complexity index is 1360. The summed E-state index contributed by atoms with van der Waals surface area (Å²) in [5.41, 5.74) is 4.72. The molecule has 2 saturated heterocycles. The Kier molecular flexibility index (Phi) is 7.66. The summed E-state index contributed by atoms with van der Waals surface area (Å²) in [6, 6.07) is 13.0.